The number of carbonyl (C=O) groups is 1. The highest BCUT2D eigenvalue weighted by atomic mass is 16.5. The highest BCUT2D eigenvalue weighted by Gasteiger charge is 2.44. The summed E-state index contributed by atoms with van der Waals surface area (Å²) < 4.78 is 5.53. The molecule has 1 spiro atoms. The Morgan fingerprint density at radius 3 is 2.71 bits per heavy atom. The molecule has 3 fully saturated rings. The van der Waals surface area contributed by atoms with Gasteiger partial charge in [0, 0.05) is 25.7 Å². The van der Waals surface area contributed by atoms with Crippen LogP contribution in [0.3, 0.4) is 0 Å². The highest BCUT2D eigenvalue weighted by Crippen LogP contribution is 2.46. The topological polar surface area (TPSA) is 38.3 Å². The van der Waals surface area contributed by atoms with Crippen LogP contribution in [-0.2, 0) is 9.53 Å². The predicted octanol–water partition coefficient (Wildman–Crippen LogP) is 3.67. The van der Waals surface area contributed by atoms with Gasteiger partial charge in [0.05, 0.1) is 0 Å². The van der Waals surface area contributed by atoms with Gasteiger partial charge in [-0.25, -0.2) is 0 Å². The SMILES string of the molecule is C[C@@H]1CCC[C@H](CC(=O)N[C@@H]2CCCC23CCOCC3)C1. The lowest BCUT2D eigenvalue weighted by molar-refractivity contribution is -0.124. The minimum absolute atomic E-state index is 0.312. The summed E-state index contributed by atoms with van der Waals surface area (Å²) in [6.45, 7) is 4.09. The number of carbonyl (C=O) groups excluding carboxylic acids is 1. The Morgan fingerprint density at radius 1 is 1.14 bits per heavy atom. The molecule has 0 unspecified atom stereocenters. The van der Waals surface area contributed by atoms with E-state index in [2.05, 4.69) is 12.2 Å². The fourth-order valence-electron chi connectivity index (χ4n) is 5.00. The third-order valence-corrected chi connectivity index (χ3v) is 6.25. The van der Waals surface area contributed by atoms with E-state index >= 15 is 0 Å². The standard InChI is InChI=1S/C18H31NO2/c1-14-4-2-5-15(12-14)13-17(20)19-16-6-3-7-18(16)8-10-21-11-9-18/h14-16H,2-13H2,1H3,(H,19,20)/t14-,15+,16-/m1/s1. The van der Waals surface area contributed by atoms with Gasteiger partial charge in [-0.05, 0) is 55.8 Å². The van der Waals surface area contributed by atoms with E-state index in [1.165, 1.54) is 44.9 Å². The van der Waals surface area contributed by atoms with E-state index in [0.717, 1.165) is 38.4 Å². The molecule has 1 N–H and O–H groups in total. The second-order valence-electron chi connectivity index (χ2n) is 7.83. The van der Waals surface area contributed by atoms with E-state index in [-0.39, 0.29) is 0 Å². The van der Waals surface area contributed by atoms with Gasteiger partial charge in [-0.1, -0.05) is 26.2 Å². The van der Waals surface area contributed by atoms with Crippen LogP contribution in [0.4, 0.5) is 0 Å². The van der Waals surface area contributed by atoms with Crippen LogP contribution in [0.5, 0.6) is 0 Å². The molecule has 3 aliphatic rings. The predicted molar refractivity (Wildman–Crippen MR) is 84.0 cm³/mol. The van der Waals surface area contributed by atoms with Crippen molar-refractivity contribution in [3.8, 4) is 0 Å². The highest BCUT2D eigenvalue weighted by molar-refractivity contribution is 5.76. The van der Waals surface area contributed by atoms with Crippen molar-refractivity contribution in [2.24, 2.45) is 17.3 Å². The molecule has 120 valence electrons. The van der Waals surface area contributed by atoms with Crippen molar-refractivity contribution in [1.82, 2.24) is 5.32 Å². The normalized spacial score (nSPS) is 35.8. The summed E-state index contributed by atoms with van der Waals surface area (Å²) in [6, 6.07) is 0.412. The summed E-state index contributed by atoms with van der Waals surface area (Å²) in [6.07, 6.45) is 11.9. The van der Waals surface area contributed by atoms with E-state index in [4.69, 9.17) is 4.74 Å². The second-order valence-corrected chi connectivity index (χ2v) is 7.83. The summed E-state index contributed by atoms with van der Waals surface area (Å²) in [7, 11) is 0. The summed E-state index contributed by atoms with van der Waals surface area (Å²) in [5.74, 6) is 1.75. The molecule has 2 saturated carbocycles. The van der Waals surface area contributed by atoms with Crippen LogP contribution in [0.25, 0.3) is 0 Å². The molecule has 1 saturated heterocycles. The first-order chi connectivity index (χ1) is 10.2. The molecule has 3 heteroatoms. The number of ether oxygens (including phenoxy) is 1. The fourth-order valence-corrected chi connectivity index (χ4v) is 5.00. The van der Waals surface area contributed by atoms with Gasteiger partial charge in [-0.3, -0.25) is 4.79 Å². The van der Waals surface area contributed by atoms with Crippen molar-refractivity contribution < 1.29 is 9.53 Å². The maximum absolute atomic E-state index is 12.5. The quantitative estimate of drug-likeness (QED) is 0.862. The molecular weight excluding hydrogens is 262 g/mol. The third kappa shape index (κ3) is 3.61. The molecule has 1 heterocycles. The van der Waals surface area contributed by atoms with Crippen LogP contribution in [0.1, 0.15) is 71.1 Å². The zero-order valence-electron chi connectivity index (χ0n) is 13.5. The first-order valence-electron chi connectivity index (χ1n) is 9.05. The smallest absolute Gasteiger partial charge is 0.220 e. The van der Waals surface area contributed by atoms with Crippen molar-refractivity contribution >= 4 is 5.91 Å². The first kappa shape index (κ1) is 15.3. The molecule has 3 atom stereocenters. The average Bonchev–Trinajstić information content (AvgIpc) is 2.82. The van der Waals surface area contributed by atoms with Gasteiger partial charge in [-0.2, -0.15) is 0 Å². The summed E-state index contributed by atoms with van der Waals surface area (Å²) >= 11 is 0. The lowest BCUT2D eigenvalue weighted by Crippen LogP contribution is -2.47. The molecule has 1 aliphatic heterocycles. The van der Waals surface area contributed by atoms with Gasteiger partial charge < -0.3 is 10.1 Å². The van der Waals surface area contributed by atoms with Crippen LogP contribution >= 0.6 is 0 Å². The maximum Gasteiger partial charge on any atom is 0.220 e. The Balaban J connectivity index is 1.51. The van der Waals surface area contributed by atoms with Crippen molar-refractivity contribution in [3.05, 3.63) is 0 Å². The number of nitrogens with one attached hydrogen (secondary N) is 1. The van der Waals surface area contributed by atoms with Gasteiger partial charge in [0.1, 0.15) is 0 Å². The van der Waals surface area contributed by atoms with Crippen molar-refractivity contribution in [1.29, 1.82) is 0 Å². The van der Waals surface area contributed by atoms with E-state index in [1.807, 2.05) is 0 Å². The largest absolute Gasteiger partial charge is 0.381 e. The molecule has 1 amide bonds. The van der Waals surface area contributed by atoms with E-state index < -0.39 is 0 Å². The van der Waals surface area contributed by atoms with Crippen molar-refractivity contribution in [2.45, 2.75) is 77.2 Å². The Bertz CT molecular complexity index is 362. The van der Waals surface area contributed by atoms with Crippen LogP contribution in [0.15, 0.2) is 0 Å². The lowest BCUT2D eigenvalue weighted by Gasteiger charge is -2.39. The molecule has 21 heavy (non-hydrogen) atoms. The van der Waals surface area contributed by atoms with Gasteiger partial charge in [0.15, 0.2) is 0 Å². The molecule has 0 radical (unpaired) electrons. The first-order valence-corrected chi connectivity index (χ1v) is 9.05. The number of hydrogen-bond acceptors (Lipinski definition) is 2. The Labute approximate surface area is 129 Å². The van der Waals surface area contributed by atoms with Crippen LogP contribution < -0.4 is 5.32 Å². The zero-order chi connectivity index (χ0) is 14.7. The molecule has 0 aromatic rings. The lowest BCUT2D eigenvalue weighted by atomic mass is 9.75. The monoisotopic (exact) mass is 293 g/mol. The molecule has 3 nitrogen and oxygen atoms in total. The average molecular weight is 293 g/mol. The van der Waals surface area contributed by atoms with Crippen LogP contribution in [0, 0.1) is 17.3 Å². The van der Waals surface area contributed by atoms with Gasteiger partial charge in [0.2, 0.25) is 5.91 Å². The molecule has 2 aliphatic carbocycles. The van der Waals surface area contributed by atoms with Crippen LogP contribution in [0.2, 0.25) is 0 Å². The fraction of sp³-hybridized carbons (Fsp3) is 0.944. The Kier molecular flexibility index (Phi) is 4.88. The zero-order valence-corrected chi connectivity index (χ0v) is 13.5. The molecule has 3 rings (SSSR count). The molecular formula is C18H31NO2. The summed E-state index contributed by atoms with van der Waals surface area (Å²) in [5, 5.41) is 3.41. The van der Waals surface area contributed by atoms with Crippen molar-refractivity contribution in [3.63, 3.8) is 0 Å². The van der Waals surface area contributed by atoms with Crippen LogP contribution in [-0.4, -0.2) is 25.2 Å². The Morgan fingerprint density at radius 2 is 1.95 bits per heavy atom. The minimum atomic E-state index is 0.312. The number of hydrogen-bond donors (Lipinski definition) is 1. The minimum Gasteiger partial charge on any atom is -0.381 e. The van der Waals surface area contributed by atoms with Crippen molar-refractivity contribution in [2.75, 3.05) is 13.2 Å². The summed E-state index contributed by atoms with van der Waals surface area (Å²) in [4.78, 5) is 12.5. The third-order valence-electron chi connectivity index (χ3n) is 6.25. The van der Waals surface area contributed by atoms with Gasteiger partial charge >= 0.3 is 0 Å². The Hall–Kier alpha value is -0.570. The molecule has 0 bridgehead atoms. The van der Waals surface area contributed by atoms with E-state index in [9.17, 15) is 4.79 Å². The molecule has 0 aromatic heterocycles. The maximum atomic E-state index is 12.5. The number of amides is 1. The van der Waals surface area contributed by atoms with Gasteiger partial charge in [0.25, 0.3) is 0 Å². The van der Waals surface area contributed by atoms with E-state index in [1.54, 1.807) is 0 Å². The summed E-state index contributed by atoms with van der Waals surface area (Å²) in [5.41, 5.74) is 0.355. The molecule has 0 aromatic carbocycles. The number of rotatable bonds is 3. The van der Waals surface area contributed by atoms with Gasteiger partial charge in [-0.15, -0.1) is 0 Å². The van der Waals surface area contributed by atoms with E-state index in [0.29, 0.717) is 23.3 Å². The second kappa shape index (κ2) is 6.68.